The molecule has 0 atom stereocenters. The molecule has 0 aliphatic carbocycles. The Morgan fingerprint density at radius 2 is 1.83 bits per heavy atom. The Kier molecular flexibility index (Phi) is 4.85. The quantitative estimate of drug-likeness (QED) is 0.870. The molecule has 0 aliphatic heterocycles. The summed E-state index contributed by atoms with van der Waals surface area (Å²) in [6.07, 6.45) is -3.89. The van der Waals surface area contributed by atoms with Crippen LogP contribution in [-0.4, -0.2) is 16.7 Å². The van der Waals surface area contributed by atoms with Crippen molar-refractivity contribution < 1.29 is 22.7 Å². The van der Waals surface area contributed by atoms with E-state index < -0.39 is 23.5 Å². The molecule has 1 heterocycles. The van der Waals surface area contributed by atoms with Crippen molar-refractivity contribution >= 4 is 5.97 Å². The Labute approximate surface area is 129 Å². The third-order valence-corrected chi connectivity index (χ3v) is 3.06. The molecule has 0 radical (unpaired) electrons. The van der Waals surface area contributed by atoms with Crippen LogP contribution in [0.3, 0.4) is 0 Å². The zero-order valence-electron chi connectivity index (χ0n) is 11.8. The Morgan fingerprint density at radius 3 is 2.39 bits per heavy atom. The number of carbonyl (C=O) groups excluding carboxylic acids is 1. The summed E-state index contributed by atoms with van der Waals surface area (Å²) in [5, 5.41) is 0. The number of pyridine rings is 1. The standard InChI is InChI=1S/C15H13F3N2O3/c16-15(17,18)14(22)23-12-6-7-20(13(21)11(12)8-19)9-10-4-2-1-3-5-10/h1-7H,8-9,19H2. The van der Waals surface area contributed by atoms with Crippen molar-refractivity contribution in [3.8, 4) is 5.75 Å². The minimum absolute atomic E-state index is 0.193. The summed E-state index contributed by atoms with van der Waals surface area (Å²) in [6, 6.07) is 10.1. The first-order valence-corrected chi connectivity index (χ1v) is 6.58. The summed E-state index contributed by atoms with van der Waals surface area (Å²) < 4.78 is 42.3. The van der Waals surface area contributed by atoms with Gasteiger partial charge in [0.2, 0.25) is 0 Å². The second kappa shape index (κ2) is 6.66. The van der Waals surface area contributed by atoms with Crippen LogP contribution >= 0.6 is 0 Å². The molecule has 8 heteroatoms. The number of hydrogen-bond donors (Lipinski definition) is 1. The lowest BCUT2D eigenvalue weighted by Crippen LogP contribution is -2.31. The fourth-order valence-corrected chi connectivity index (χ4v) is 1.95. The first-order chi connectivity index (χ1) is 10.8. The number of carbonyl (C=O) groups is 1. The molecule has 0 unspecified atom stereocenters. The van der Waals surface area contributed by atoms with Gasteiger partial charge in [0.1, 0.15) is 5.75 Å². The fraction of sp³-hybridized carbons (Fsp3) is 0.200. The van der Waals surface area contributed by atoms with Gasteiger partial charge in [0, 0.05) is 12.7 Å². The zero-order valence-corrected chi connectivity index (χ0v) is 11.8. The summed E-state index contributed by atoms with van der Waals surface area (Å²) in [6.45, 7) is -0.130. The maximum absolute atomic E-state index is 12.3. The van der Waals surface area contributed by atoms with Gasteiger partial charge in [-0.3, -0.25) is 4.79 Å². The number of halogens is 3. The van der Waals surface area contributed by atoms with E-state index in [1.807, 2.05) is 6.07 Å². The number of nitrogens with zero attached hydrogens (tertiary/aromatic N) is 1. The Bertz CT molecular complexity index is 755. The topological polar surface area (TPSA) is 74.3 Å². The second-order valence-corrected chi connectivity index (χ2v) is 4.67. The molecule has 23 heavy (non-hydrogen) atoms. The van der Waals surface area contributed by atoms with Gasteiger partial charge in [-0.1, -0.05) is 30.3 Å². The number of ether oxygens (including phenoxy) is 1. The molecule has 0 fully saturated rings. The van der Waals surface area contributed by atoms with Crippen LogP contribution in [0.4, 0.5) is 13.2 Å². The molecule has 2 rings (SSSR count). The van der Waals surface area contributed by atoms with Gasteiger partial charge in [0.15, 0.2) is 0 Å². The molecule has 0 spiro atoms. The van der Waals surface area contributed by atoms with Gasteiger partial charge in [0.05, 0.1) is 12.1 Å². The molecular formula is C15H13F3N2O3. The van der Waals surface area contributed by atoms with E-state index >= 15 is 0 Å². The average Bonchev–Trinajstić information content (AvgIpc) is 2.50. The molecule has 0 bridgehead atoms. The van der Waals surface area contributed by atoms with E-state index in [0.29, 0.717) is 0 Å². The maximum atomic E-state index is 12.3. The minimum atomic E-state index is -5.15. The molecule has 0 aliphatic rings. The van der Waals surface area contributed by atoms with Crippen LogP contribution in [-0.2, 0) is 17.9 Å². The lowest BCUT2D eigenvalue weighted by Gasteiger charge is -2.13. The second-order valence-electron chi connectivity index (χ2n) is 4.67. The number of benzene rings is 1. The number of aromatic nitrogens is 1. The van der Waals surface area contributed by atoms with Gasteiger partial charge in [-0.2, -0.15) is 13.2 Å². The van der Waals surface area contributed by atoms with Crippen molar-refractivity contribution in [1.29, 1.82) is 0 Å². The first-order valence-electron chi connectivity index (χ1n) is 6.58. The maximum Gasteiger partial charge on any atom is 0.491 e. The predicted octanol–water partition coefficient (Wildman–Crippen LogP) is 1.82. The van der Waals surface area contributed by atoms with Crippen LogP contribution in [0.25, 0.3) is 0 Å². The summed E-state index contributed by atoms with van der Waals surface area (Å²) >= 11 is 0. The highest BCUT2D eigenvalue weighted by molar-refractivity contribution is 5.78. The Morgan fingerprint density at radius 1 is 1.17 bits per heavy atom. The van der Waals surface area contributed by atoms with Gasteiger partial charge in [-0.05, 0) is 11.6 Å². The highest BCUT2D eigenvalue weighted by Crippen LogP contribution is 2.21. The molecule has 1 aromatic carbocycles. The first kappa shape index (κ1) is 16.8. The van der Waals surface area contributed by atoms with Crippen LogP contribution in [0.1, 0.15) is 11.1 Å². The van der Waals surface area contributed by atoms with E-state index in [9.17, 15) is 22.8 Å². The van der Waals surface area contributed by atoms with Crippen LogP contribution in [0.5, 0.6) is 5.75 Å². The van der Waals surface area contributed by atoms with Crippen LogP contribution in [0.2, 0.25) is 0 Å². The molecule has 0 saturated heterocycles. The molecule has 0 saturated carbocycles. The lowest BCUT2D eigenvalue weighted by atomic mass is 10.2. The fourth-order valence-electron chi connectivity index (χ4n) is 1.95. The zero-order chi connectivity index (χ0) is 17.0. The van der Waals surface area contributed by atoms with Gasteiger partial charge in [-0.15, -0.1) is 0 Å². The third-order valence-electron chi connectivity index (χ3n) is 3.06. The van der Waals surface area contributed by atoms with E-state index in [4.69, 9.17) is 5.73 Å². The van der Waals surface area contributed by atoms with E-state index in [-0.39, 0.29) is 18.7 Å². The third kappa shape index (κ3) is 3.98. The van der Waals surface area contributed by atoms with E-state index in [2.05, 4.69) is 4.74 Å². The number of alkyl halides is 3. The minimum Gasteiger partial charge on any atom is -0.419 e. The molecule has 2 N–H and O–H groups in total. The molecular weight excluding hydrogens is 313 g/mol. The Hall–Kier alpha value is -2.61. The number of nitrogens with two attached hydrogens (primary N) is 1. The Balaban J connectivity index is 2.33. The van der Waals surface area contributed by atoms with Gasteiger partial charge in [-0.25, -0.2) is 4.79 Å². The van der Waals surface area contributed by atoms with Crippen LogP contribution < -0.4 is 16.0 Å². The summed E-state index contributed by atoms with van der Waals surface area (Å²) in [5.74, 6) is -2.88. The van der Waals surface area contributed by atoms with E-state index in [1.165, 1.54) is 10.8 Å². The van der Waals surface area contributed by atoms with Crippen molar-refractivity contribution in [2.75, 3.05) is 0 Å². The van der Waals surface area contributed by atoms with Crippen molar-refractivity contribution in [2.45, 2.75) is 19.3 Å². The molecule has 2 aromatic rings. The molecule has 0 amide bonds. The monoisotopic (exact) mass is 326 g/mol. The van der Waals surface area contributed by atoms with Gasteiger partial charge >= 0.3 is 12.1 Å². The van der Waals surface area contributed by atoms with Crippen molar-refractivity contribution in [3.05, 3.63) is 64.1 Å². The molecule has 1 aromatic heterocycles. The van der Waals surface area contributed by atoms with Crippen molar-refractivity contribution in [3.63, 3.8) is 0 Å². The summed E-state index contributed by atoms with van der Waals surface area (Å²) in [7, 11) is 0. The van der Waals surface area contributed by atoms with E-state index in [1.54, 1.807) is 24.3 Å². The SMILES string of the molecule is NCc1c(OC(=O)C(F)(F)F)ccn(Cc2ccccc2)c1=O. The van der Waals surface area contributed by atoms with Crippen LogP contribution in [0.15, 0.2) is 47.4 Å². The van der Waals surface area contributed by atoms with Gasteiger partial charge < -0.3 is 15.0 Å². The summed E-state index contributed by atoms with van der Waals surface area (Å²) in [5.41, 5.74) is 5.44. The van der Waals surface area contributed by atoms with Gasteiger partial charge in [0.25, 0.3) is 5.56 Å². The molecule has 122 valence electrons. The smallest absolute Gasteiger partial charge is 0.419 e. The lowest BCUT2D eigenvalue weighted by molar-refractivity contribution is -0.189. The summed E-state index contributed by atoms with van der Waals surface area (Å²) in [4.78, 5) is 23.2. The van der Waals surface area contributed by atoms with E-state index in [0.717, 1.165) is 11.6 Å². The normalized spacial score (nSPS) is 11.3. The number of rotatable bonds is 4. The largest absolute Gasteiger partial charge is 0.491 e. The average molecular weight is 326 g/mol. The highest BCUT2D eigenvalue weighted by Gasteiger charge is 2.41. The highest BCUT2D eigenvalue weighted by atomic mass is 19.4. The number of hydrogen-bond acceptors (Lipinski definition) is 4. The van der Waals surface area contributed by atoms with Crippen LogP contribution in [0, 0.1) is 0 Å². The van der Waals surface area contributed by atoms with Crippen molar-refractivity contribution in [1.82, 2.24) is 4.57 Å². The van der Waals surface area contributed by atoms with Crippen molar-refractivity contribution in [2.24, 2.45) is 5.73 Å². The predicted molar refractivity (Wildman–Crippen MR) is 75.8 cm³/mol. The molecule has 5 nitrogen and oxygen atoms in total. The number of esters is 1.